The van der Waals surface area contributed by atoms with Crippen LogP contribution in [-0.2, 0) is 13.5 Å². The number of nitrogens with one attached hydrogen (secondary N) is 1. The lowest BCUT2D eigenvalue weighted by molar-refractivity contribution is 0.722. The molecular weight excluding hydrogens is 210 g/mol. The van der Waals surface area contributed by atoms with E-state index in [2.05, 4.69) is 42.9 Å². The molecule has 90 valence electrons. The Labute approximate surface area is 102 Å². The van der Waals surface area contributed by atoms with E-state index in [1.807, 2.05) is 0 Å². The standard InChI is InChI=1S/C14H19N3/c1-9(2)14-16-12-7-10-5-4-6-15-11(10)8-13(12)17(14)3/h7-9,15H,4-6H2,1-3H3. The number of imidazole rings is 1. The van der Waals surface area contributed by atoms with Crippen molar-refractivity contribution in [2.75, 3.05) is 11.9 Å². The van der Waals surface area contributed by atoms with Crippen LogP contribution in [0.1, 0.15) is 37.6 Å². The first kappa shape index (κ1) is 10.6. The number of rotatable bonds is 1. The van der Waals surface area contributed by atoms with Gasteiger partial charge in [-0.1, -0.05) is 13.8 Å². The van der Waals surface area contributed by atoms with Crippen LogP contribution in [-0.4, -0.2) is 16.1 Å². The van der Waals surface area contributed by atoms with Gasteiger partial charge in [0.15, 0.2) is 0 Å². The fraction of sp³-hybridized carbons (Fsp3) is 0.500. The summed E-state index contributed by atoms with van der Waals surface area (Å²) in [6, 6.07) is 4.51. The molecule has 1 N–H and O–H groups in total. The molecule has 0 saturated heterocycles. The van der Waals surface area contributed by atoms with Gasteiger partial charge in [0.2, 0.25) is 0 Å². The summed E-state index contributed by atoms with van der Waals surface area (Å²) >= 11 is 0. The number of hydrogen-bond donors (Lipinski definition) is 1. The SMILES string of the molecule is CC(C)c1nc2cc3c(cc2n1C)NCCC3. The van der Waals surface area contributed by atoms with Crippen molar-refractivity contribution >= 4 is 16.7 Å². The van der Waals surface area contributed by atoms with Gasteiger partial charge in [-0.3, -0.25) is 0 Å². The average molecular weight is 229 g/mol. The molecule has 17 heavy (non-hydrogen) atoms. The van der Waals surface area contributed by atoms with Crippen LogP contribution in [0.25, 0.3) is 11.0 Å². The van der Waals surface area contributed by atoms with Crippen molar-refractivity contribution < 1.29 is 0 Å². The maximum absolute atomic E-state index is 4.76. The summed E-state index contributed by atoms with van der Waals surface area (Å²) in [7, 11) is 2.11. The number of nitrogens with zero attached hydrogens (tertiary/aromatic N) is 2. The van der Waals surface area contributed by atoms with E-state index < -0.39 is 0 Å². The Kier molecular flexibility index (Phi) is 2.35. The Morgan fingerprint density at radius 1 is 1.35 bits per heavy atom. The van der Waals surface area contributed by atoms with Crippen molar-refractivity contribution in [3.05, 3.63) is 23.5 Å². The number of hydrogen-bond acceptors (Lipinski definition) is 2. The topological polar surface area (TPSA) is 29.9 Å². The number of aryl methyl sites for hydroxylation is 2. The molecule has 0 aliphatic carbocycles. The quantitative estimate of drug-likeness (QED) is 0.814. The van der Waals surface area contributed by atoms with Gasteiger partial charge in [-0.2, -0.15) is 0 Å². The average Bonchev–Trinajstić information content (AvgIpc) is 2.64. The molecule has 0 spiro atoms. The summed E-state index contributed by atoms with van der Waals surface area (Å²) in [5.74, 6) is 1.64. The van der Waals surface area contributed by atoms with E-state index in [0.29, 0.717) is 5.92 Å². The van der Waals surface area contributed by atoms with Gasteiger partial charge in [0, 0.05) is 25.2 Å². The van der Waals surface area contributed by atoms with Crippen molar-refractivity contribution in [1.82, 2.24) is 9.55 Å². The monoisotopic (exact) mass is 229 g/mol. The maximum atomic E-state index is 4.76. The number of anilines is 1. The van der Waals surface area contributed by atoms with Crippen LogP contribution < -0.4 is 5.32 Å². The van der Waals surface area contributed by atoms with Gasteiger partial charge in [-0.15, -0.1) is 0 Å². The molecule has 0 radical (unpaired) electrons. The zero-order valence-electron chi connectivity index (χ0n) is 10.7. The molecule has 1 aliphatic heterocycles. The Balaban J connectivity index is 2.23. The fourth-order valence-electron chi connectivity index (χ4n) is 2.69. The van der Waals surface area contributed by atoms with Crippen LogP contribution in [0.3, 0.4) is 0 Å². The zero-order chi connectivity index (χ0) is 12.0. The molecule has 3 heteroatoms. The predicted octanol–water partition coefficient (Wildman–Crippen LogP) is 3.05. The van der Waals surface area contributed by atoms with E-state index in [0.717, 1.165) is 12.1 Å². The first-order chi connectivity index (χ1) is 8.16. The van der Waals surface area contributed by atoms with Gasteiger partial charge in [-0.05, 0) is 30.5 Å². The van der Waals surface area contributed by atoms with Crippen LogP contribution in [0.2, 0.25) is 0 Å². The van der Waals surface area contributed by atoms with E-state index in [4.69, 9.17) is 4.98 Å². The molecule has 2 aromatic rings. The van der Waals surface area contributed by atoms with Crippen molar-refractivity contribution in [2.45, 2.75) is 32.6 Å². The third-order valence-corrected chi connectivity index (χ3v) is 3.60. The van der Waals surface area contributed by atoms with Gasteiger partial charge in [0.25, 0.3) is 0 Å². The lowest BCUT2D eigenvalue weighted by atomic mass is 10.0. The molecule has 0 atom stereocenters. The molecule has 0 unspecified atom stereocenters. The second kappa shape index (κ2) is 3.76. The molecule has 3 rings (SSSR count). The molecule has 0 bridgehead atoms. The maximum Gasteiger partial charge on any atom is 0.112 e. The first-order valence-electron chi connectivity index (χ1n) is 6.40. The molecule has 0 saturated carbocycles. The summed E-state index contributed by atoms with van der Waals surface area (Å²) in [4.78, 5) is 4.76. The molecule has 1 aromatic carbocycles. The lowest BCUT2D eigenvalue weighted by Gasteiger charge is -2.17. The van der Waals surface area contributed by atoms with Gasteiger partial charge >= 0.3 is 0 Å². The second-order valence-corrected chi connectivity index (χ2v) is 5.21. The van der Waals surface area contributed by atoms with E-state index in [9.17, 15) is 0 Å². The Morgan fingerprint density at radius 3 is 2.94 bits per heavy atom. The fourth-order valence-corrected chi connectivity index (χ4v) is 2.69. The predicted molar refractivity (Wildman–Crippen MR) is 71.6 cm³/mol. The normalized spacial score (nSPS) is 15.1. The second-order valence-electron chi connectivity index (χ2n) is 5.21. The Hall–Kier alpha value is -1.51. The van der Waals surface area contributed by atoms with Crippen molar-refractivity contribution in [3.8, 4) is 0 Å². The molecule has 1 aliphatic rings. The zero-order valence-corrected chi connectivity index (χ0v) is 10.7. The Morgan fingerprint density at radius 2 is 2.18 bits per heavy atom. The highest BCUT2D eigenvalue weighted by atomic mass is 15.1. The van der Waals surface area contributed by atoms with Crippen molar-refractivity contribution in [1.29, 1.82) is 0 Å². The lowest BCUT2D eigenvalue weighted by Crippen LogP contribution is -2.11. The van der Waals surface area contributed by atoms with Crippen LogP contribution in [0.15, 0.2) is 12.1 Å². The molecule has 0 fully saturated rings. The van der Waals surface area contributed by atoms with Crippen LogP contribution in [0.4, 0.5) is 5.69 Å². The highest BCUT2D eigenvalue weighted by molar-refractivity contribution is 5.82. The molecule has 2 heterocycles. The van der Waals surface area contributed by atoms with Crippen LogP contribution in [0, 0.1) is 0 Å². The van der Waals surface area contributed by atoms with Gasteiger partial charge in [-0.25, -0.2) is 4.98 Å². The minimum Gasteiger partial charge on any atom is -0.385 e. The molecule has 3 nitrogen and oxygen atoms in total. The number of benzene rings is 1. The van der Waals surface area contributed by atoms with Gasteiger partial charge in [0.1, 0.15) is 5.82 Å². The largest absolute Gasteiger partial charge is 0.385 e. The summed E-state index contributed by atoms with van der Waals surface area (Å²) in [5.41, 5.74) is 5.08. The highest BCUT2D eigenvalue weighted by Gasteiger charge is 2.15. The molecular formula is C14H19N3. The van der Waals surface area contributed by atoms with Crippen LogP contribution >= 0.6 is 0 Å². The van der Waals surface area contributed by atoms with Crippen LogP contribution in [0.5, 0.6) is 0 Å². The number of fused-ring (bicyclic) bond motifs is 2. The summed E-state index contributed by atoms with van der Waals surface area (Å²) in [5, 5.41) is 3.48. The molecule has 0 amide bonds. The van der Waals surface area contributed by atoms with Gasteiger partial charge < -0.3 is 9.88 Å². The third-order valence-electron chi connectivity index (χ3n) is 3.60. The minimum atomic E-state index is 0.470. The van der Waals surface area contributed by atoms with Crippen molar-refractivity contribution in [3.63, 3.8) is 0 Å². The van der Waals surface area contributed by atoms with Crippen molar-refractivity contribution in [2.24, 2.45) is 7.05 Å². The van der Waals surface area contributed by atoms with E-state index >= 15 is 0 Å². The summed E-state index contributed by atoms with van der Waals surface area (Å²) in [6.07, 6.45) is 2.40. The highest BCUT2D eigenvalue weighted by Crippen LogP contribution is 2.29. The number of aromatic nitrogens is 2. The van der Waals surface area contributed by atoms with E-state index in [-0.39, 0.29) is 0 Å². The summed E-state index contributed by atoms with van der Waals surface area (Å²) < 4.78 is 2.22. The van der Waals surface area contributed by atoms with E-state index in [1.165, 1.54) is 35.4 Å². The third kappa shape index (κ3) is 1.61. The first-order valence-corrected chi connectivity index (χ1v) is 6.40. The Bertz CT molecular complexity index is 566. The summed E-state index contributed by atoms with van der Waals surface area (Å²) in [6.45, 7) is 5.48. The van der Waals surface area contributed by atoms with E-state index in [1.54, 1.807) is 0 Å². The molecule has 1 aromatic heterocycles. The smallest absolute Gasteiger partial charge is 0.112 e. The van der Waals surface area contributed by atoms with Gasteiger partial charge in [0.05, 0.1) is 11.0 Å². The minimum absolute atomic E-state index is 0.470.